The molecule has 92 valence electrons. The van der Waals surface area contributed by atoms with Gasteiger partial charge in [0.05, 0.1) is 5.02 Å². The topological polar surface area (TPSA) is 43.1 Å². The number of nitrogens with two attached hydrogens (primary N) is 1. The maximum atomic E-state index is 11.3. The van der Waals surface area contributed by atoms with E-state index in [9.17, 15) is 4.79 Å². The molecule has 0 spiro atoms. The van der Waals surface area contributed by atoms with Crippen molar-refractivity contribution in [2.45, 2.75) is 16.7 Å². The molecule has 0 heterocycles. The van der Waals surface area contributed by atoms with E-state index in [1.165, 1.54) is 18.7 Å². The maximum absolute atomic E-state index is 11.3. The average Bonchev–Trinajstić information content (AvgIpc) is 2.32. The van der Waals surface area contributed by atoms with Crippen LogP contribution in [0.15, 0.2) is 52.3 Å². The lowest BCUT2D eigenvalue weighted by molar-refractivity contribution is 0.101. The highest BCUT2D eigenvalue weighted by Crippen LogP contribution is 2.34. The summed E-state index contributed by atoms with van der Waals surface area (Å²) in [5.74, 6) is -0.0261. The summed E-state index contributed by atoms with van der Waals surface area (Å²) in [6, 6.07) is 13.0. The summed E-state index contributed by atoms with van der Waals surface area (Å²) in [5, 5.41) is 0.705. The van der Waals surface area contributed by atoms with Crippen LogP contribution in [0.4, 0.5) is 5.69 Å². The largest absolute Gasteiger partial charge is 0.398 e. The molecule has 2 N–H and O–H groups in total. The first-order valence-electron chi connectivity index (χ1n) is 5.41. The number of rotatable bonds is 3. The number of carbonyl (C=O) groups excluding carboxylic acids is 1. The van der Waals surface area contributed by atoms with Gasteiger partial charge in [0.2, 0.25) is 0 Å². The van der Waals surface area contributed by atoms with Gasteiger partial charge in [0.15, 0.2) is 5.78 Å². The van der Waals surface area contributed by atoms with Gasteiger partial charge in [-0.3, -0.25) is 4.79 Å². The fourth-order valence-corrected chi connectivity index (χ4v) is 2.72. The Kier molecular flexibility index (Phi) is 3.94. The molecular weight excluding hydrogens is 266 g/mol. The number of ketones is 1. The van der Waals surface area contributed by atoms with E-state index in [-0.39, 0.29) is 5.78 Å². The number of Topliss-reactive ketones (excluding diaryl/α,β-unsaturated/α-hetero) is 1. The number of benzene rings is 2. The molecular formula is C14H12ClNOS. The Hall–Kier alpha value is -1.45. The zero-order valence-corrected chi connectivity index (χ0v) is 11.4. The fourth-order valence-electron chi connectivity index (χ4n) is 1.58. The highest BCUT2D eigenvalue weighted by molar-refractivity contribution is 7.99. The third-order valence-corrected chi connectivity index (χ3v) is 3.97. The molecule has 0 aliphatic carbocycles. The van der Waals surface area contributed by atoms with Gasteiger partial charge in [0, 0.05) is 21.0 Å². The zero-order valence-electron chi connectivity index (χ0n) is 9.81. The van der Waals surface area contributed by atoms with Crippen LogP contribution in [0, 0.1) is 0 Å². The summed E-state index contributed by atoms with van der Waals surface area (Å²) in [6.07, 6.45) is 0. The molecule has 0 aromatic heterocycles. The van der Waals surface area contributed by atoms with E-state index >= 15 is 0 Å². The van der Waals surface area contributed by atoms with E-state index in [4.69, 9.17) is 17.3 Å². The first-order valence-corrected chi connectivity index (χ1v) is 6.60. The van der Waals surface area contributed by atoms with Crippen molar-refractivity contribution in [3.63, 3.8) is 0 Å². The first-order chi connectivity index (χ1) is 8.58. The molecule has 18 heavy (non-hydrogen) atoms. The van der Waals surface area contributed by atoms with Crippen molar-refractivity contribution < 1.29 is 4.79 Å². The lowest BCUT2D eigenvalue weighted by Crippen LogP contribution is -1.99. The standard InChI is InChI=1S/C14H12ClNOS/c1-9(17)11-7-6-10(8-13(11)16)18-14-5-3-2-4-12(14)15/h2-8H,16H2,1H3. The van der Waals surface area contributed by atoms with Crippen LogP contribution in [0.25, 0.3) is 0 Å². The highest BCUT2D eigenvalue weighted by Gasteiger charge is 2.07. The van der Waals surface area contributed by atoms with E-state index in [2.05, 4.69) is 0 Å². The molecule has 2 nitrogen and oxygen atoms in total. The molecule has 0 fully saturated rings. The van der Waals surface area contributed by atoms with Gasteiger partial charge in [-0.25, -0.2) is 0 Å². The molecule has 2 aromatic rings. The Labute approximate surface area is 115 Å². The zero-order chi connectivity index (χ0) is 13.1. The molecule has 2 aromatic carbocycles. The van der Waals surface area contributed by atoms with Crippen molar-refractivity contribution in [3.8, 4) is 0 Å². The monoisotopic (exact) mass is 277 g/mol. The number of carbonyl (C=O) groups is 1. The summed E-state index contributed by atoms with van der Waals surface area (Å²) >= 11 is 7.62. The van der Waals surface area contributed by atoms with Crippen LogP contribution in [0.5, 0.6) is 0 Å². The molecule has 0 radical (unpaired) electrons. The first kappa shape index (κ1) is 13.0. The van der Waals surface area contributed by atoms with E-state index in [1.807, 2.05) is 30.3 Å². The number of hydrogen-bond acceptors (Lipinski definition) is 3. The number of hydrogen-bond donors (Lipinski definition) is 1. The Morgan fingerprint density at radius 3 is 2.56 bits per heavy atom. The van der Waals surface area contributed by atoms with Crippen LogP contribution in [-0.2, 0) is 0 Å². The third kappa shape index (κ3) is 2.86. The second kappa shape index (κ2) is 5.46. The number of anilines is 1. The minimum absolute atomic E-state index is 0.0261. The van der Waals surface area contributed by atoms with Crippen molar-refractivity contribution in [1.82, 2.24) is 0 Å². The summed E-state index contributed by atoms with van der Waals surface area (Å²) in [5.41, 5.74) is 6.90. The molecule has 0 unspecified atom stereocenters. The van der Waals surface area contributed by atoms with Crippen LogP contribution in [0.1, 0.15) is 17.3 Å². The Bertz CT molecular complexity index is 598. The molecule has 0 atom stereocenters. The summed E-state index contributed by atoms with van der Waals surface area (Å²) in [7, 11) is 0. The minimum Gasteiger partial charge on any atom is -0.398 e. The van der Waals surface area contributed by atoms with Crippen LogP contribution in [0.2, 0.25) is 5.02 Å². The van der Waals surface area contributed by atoms with Gasteiger partial charge in [-0.1, -0.05) is 35.5 Å². The predicted molar refractivity (Wildman–Crippen MR) is 76.4 cm³/mol. The molecule has 0 aliphatic heterocycles. The SMILES string of the molecule is CC(=O)c1ccc(Sc2ccccc2Cl)cc1N. The number of halogens is 1. The van der Waals surface area contributed by atoms with Crippen LogP contribution >= 0.6 is 23.4 Å². The summed E-state index contributed by atoms with van der Waals surface area (Å²) < 4.78 is 0. The molecule has 0 saturated heterocycles. The predicted octanol–water partition coefficient (Wildman–Crippen LogP) is 4.28. The average molecular weight is 278 g/mol. The van der Waals surface area contributed by atoms with Crippen molar-refractivity contribution >= 4 is 34.8 Å². The third-order valence-electron chi connectivity index (χ3n) is 2.47. The Morgan fingerprint density at radius 2 is 1.94 bits per heavy atom. The second-order valence-electron chi connectivity index (χ2n) is 3.84. The summed E-state index contributed by atoms with van der Waals surface area (Å²) in [4.78, 5) is 13.2. The molecule has 0 bridgehead atoms. The molecule has 4 heteroatoms. The fraction of sp³-hybridized carbons (Fsp3) is 0.0714. The van der Waals surface area contributed by atoms with Crippen molar-refractivity contribution in [2.24, 2.45) is 0 Å². The second-order valence-corrected chi connectivity index (χ2v) is 5.36. The molecule has 2 rings (SSSR count). The summed E-state index contributed by atoms with van der Waals surface area (Å²) in [6.45, 7) is 1.51. The lowest BCUT2D eigenvalue weighted by Gasteiger charge is -2.07. The van der Waals surface area contributed by atoms with Crippen molar-refractivity contribution in [3.05, 3.63) is 53.1 Å². The van der Waals surface area contributed by atoms with E-state index < -0.39 is 0 Å². The van der Waals surface area contributed by atoms with Gasteiger partial charge in [0.1, 0.15) is 0 Å². The van der Waals surface area contributed by atoms with E-state index in [0.717, 1.165) is 9.79 Å². The number of nitrogen functional groups attached to an aromatic ring is 1. The maximum Gasteiger partial charge on any atom is 0.161 e. The molecule has 0 aliphatic rings. The van der Waals surface area contributed by atoms with Gasteiger partial charge in [0.25, 0.3) is 0 Å². The van der Waals surface area contributed by atoms with Gasteiger partial charge >= 0.3 is 0 Å². The van der Waals surface area contributed by atoms with Gasteiger partial charge in [-0.05, 0) is 37.3 Å². The normalized spacial score (nSPS) is 10.3. The minimum atomic E-state index is -0.0261. The Balaban J connectivity index is 2.29. The van der Waals surface area contributed by atoms with Gasteiger partial charge in [-0.15, -0.1) is 0 Å². The van der Waals surface area contributed by atoms with E-state index in [0.29, 0.717) is 16.3 Å². The van der Waals surface area contributed by atoms with Crippen LogP contribution in [-0.4, -0.2) is 5.78 Å². The van der Waals surface area contributed by atoms with Gasteiger partial charge in [-0.2, -0.15) is 0 Å². The highest BCUT2D eigenvalue weighted by atomic mass is 35.5. The van der Waals surface area contributed by atoms with Crippen molar-refractivity contribution in [2.75, 3.05) is 5.73 Å². The smallest absolute Gasteiger partial charge is 0.161 e. The van der Waals surface area contributed by atoms with Gasteiger partial charge < -0.3 is 5.73 Å². The van der Waals surface area contributed by atoms with Crippen LogP contribution in [0.3, 0.4) is 0 Å². The quantitative estimate of drug-likeness (QED) is 0.673. The van der Waals surface area contributed by atoms with Crippen molar-refractivity contribution in [1.29, 1.82) is 0 Å². The molecule has 0 amide bonds. The Morgan fingerprint density at radius 1 is 1.22 bits per heavy atom. The lowest BCUT2D eigenvalue weighted by atomic mass is 10.1. The molecule has 0 saturated carbocycles. The van der Waals surface area contributed by atoms with E-state index in [1.54, 1.807) is 12.1 Å². The van der Waals surface area contributed by atoms with Crippen LogP contribution < -0.4 is 5.73 Å².